The summed E-state index contributed by atoms with van der Waals surface area (Å²) < 4.78 is 0. The molecule has 2 rings (SSSR count). The Kier molecular flexibility index (Phi) is 11.9. The van der Waals surface area contributed by atoms with Gasteiger partial charge in [-0.1, -0.05) is 43.3 Å². The predicted molar refractivity (Wildman–Crippen MR) is 142 cm³/mol. The fourth-order valence-corrected chi connectivity index (χ4v) is 4.04. The topological polar surface area (TPSA) is 40.2 Å². The maximum absolute atomic E-state index is 6.09. The van der Waals surface area contributed by atoms with Crippen molar-refractivity contribution in [3.05, 3.63) is 71.6 Å². The third-order valence-corrected chi connectivity index (χ3v) is 5.74. The van der Waals surface area contributed by atoms with Gasteiger partial charge in [0.2, 0.25) is 0 Å². The van der Waals surface area contributed by atoms with Gasteiger partial charge in [-0.15, -0.1) is 0 Å². The number of halogens is 1. The molecule has 0 aliphatic rings. The number of aromatic nitrogens is 1. The maximum atomic E-state index is 6.09. The Bertz CT molecular complexity index is 904. The van der Waals surface area contributed by atoms with Gasteiger partial charge in [-0.25, -0.2) is 0 Å². The van der Waals surface area contributed by atoms with Crippen molar-refractivity contribution in [1.29, 1.82) is 0 Å². The van der Waals surface area contributed by atoms with E-state index in [1.165, 1.54) is 24.1 Å². The molecule has 2 aromatic rings. The van der Waals surface area contributed by atoms with Crippen molar-refractivity contribution in [2.45, 2.75) is 46.5 Å². The van der Waals surface area contributed by atoms with Gasteiger partial charge in [0, 0.05) is 41.1 Å². The number of hydrogen-bond acceptors (Lipinski definition) is 4. The standard InChI is InChI=1S/C27H39ClN4/c1-5-11-22(4)25(7-3)29-16-10-20-32(18-6-2)19-9-8-15-30-26-14-17-31-27-21-23(28)12-13-24(26)27/h5,7,11-14,17,21,29H,1,6,8-10,15-16,18-20H2,2-4H3,(H,30,31)/b22-11+,25-7+. The second kappa shape index (κ2) is 14.7. The van der Waals surface area contributed by atoms with Crippen LogP contribution in [0.1, 0.15) is 46.5 Å². The van der Waals surface area contributed by atoms with Gasteiger partial charge in [0.15, 0.2) is 0 Å². The summed E-state index contributed by atoms with van der Waals surface area (Å²) in [4.78, 5) is 7.00. The lowest BCUT2D eigenvalue weighted by Crippen LogP contribution is -2.29. The molecule has 0 fully saturated rings. The first kappa shape index (κ1) is 26.0. The number of rotatable bonds is 15. The van der Waals surface area contributed by atoms with Crippen LogP contribution in [0.15, 0.2) is 66.5 Å². The van der Waals surface area contributed by atoms with Crippen LogP contribution in [0.4, 0.5) is 5.69 Å². The first-order chi connectivity index (χ1) is 15.6. The van der Waals surface area contributed by atoms with Crippen LogP contribution in [0, 0.1) is 0 Å². The highest BCUT2D eigenvalue weighted by Crippen LogP contribution is 2.24. The number of fused-ring (bicyclic) bond motifs is 1. The molecule has 2 N–H and O–H groups in total. The SMILES string of the molecule is C=C/C=C(C)/C(=C\C)NCCCN(CCC)CCCCNc1ccnc2cc(Cl)ccc12. The molecule has 0 saturated heterocycles. The fraction of sp³-hybridized carbons (Fsp3) is 0.444. The highest BCUT2D eigenvalue weighted by Gasteiger charge is 2.05. The van der Waals surface area contributed by atoms with Crippen LogP contribution >= 0.6 is 11.6 Å². The summed E-state index contributed by atoms with van der Waals surface area (Å²) in [5, 5.41) is 8.98. The molecule has 32 heavy (non-hydrogen) atoms. The molecule has 0 aliphatic heterocycles. The third kappa shape index (κ3) is 8.68. The zero-order valence-electron chi connectivity index (χ0n) is 20.0. The molecule has 174 valence electrons. The lowest BCUT2D eigenvalue weighted by atomic mass is 10.2. The Labute approximate surface area is 199 Å². The number of hydrogen-bond donors (Lipinski definition) is 2. The van der Waals surface area contributed by atoms with Gasteiger partial charge >= 0.3 is 0 Å². The Morgan fingerprint density at radius 1 is 1.12 bits per heavy atom. The quantitative estimate of drug-likeness (QED) is 0.229. The predicted octanol–water partition coefficient (Wildman–Crippen LogP) is 6.81. The summed E-state index contributed by atoms with van der Waals surface area (Å²) in [5.41, 5.74) is 4.49. The van der Waals surface area contributed by atoms with Crippen molar-refractivity contribution in [3.8, 4) is 0 Å². The first-order valence-electron chi connectivity index (χ1n) is 11.8. The first-order valence-corrected chi connectivity index (χ1v) is 12.2. The van der Waals surface area contributed by atoms with Crippen LogP contribution in [-0.2, 0) is 0 Å². The number of nitrogens with zero attached hydrogens (tertiary/aromatic N) is 2. The molecule has 0 aliphatic carbocycles. The van der Waals surface area contributed by atoms with Crippen molar-refractivity contribution in [3.63, 3.8) is 0 Å². The number of nitrogens with one attached hydrogen (secondary N) is 2. The molecule has 0 atom stereocenters. The molecule has 0 saturated carbocycles. The molecule has 0 radical (unpaired) electrons. The maximum Gasteiger partial charge on any atom is 0.0737 e. The van der Waals surface area contributed by atoms with E-state index < -0.39 is 0 Å². The number of pyridine rings is 1. The molecule has 5 heteroatoms. The highest BCUT2D eigenvalue weighted by molar-refractivity contribution is 6.31. The Hall–Kier alpha value is -2.30. The number of anilines is 1. The average molecular weight is 455 g/mol. The minimum atomic E-state index is 0.721. The van der Waals surface area contributed by atoms with Gasteiger partial charge in [-0.2, -0.15) is 0 Å². The molecule has 0 spiro atoms. The molecule has 1 aromatic heterocycles. The lowest BCUT2D eigenvalue weighted by Gasteiger charge is -2.22. The van der Waals surface area contributed by atoms with Gasteiger partial charge < -0.3 is 15.5 Å². The number of benzene rings is 1. The van der Waals surface area contributed by atoms with Gasteiger partial charge in [-0.3, -0.25) is 4.98 Å². The Balaban J connectivity index is 1.71. The van der Waals surface area contributed by atoms with Gasteiger partial charge in [-0.05, 0) is 89.0 Å². The second-order valence-corrected chi connectivity index (χ2v) is 8.50. The molecule has 0 bridgehead atoms. The summed E-state index contributed by atoms with van der Waals surface area (Å²) >= 11 is 6.09. The van der Waals surface area contributed by atoms with E-state index in [2.05, 4.69) is 53.9 Å². The summed E-state index contributed by atoms with van der Waals surface area (Å²) in [6, 6.07) is 7.91. The molecule has 1 aromatic carbocycles. The molecule has 1 heterocycles. The molecule has 4 nitrogen and oxygen atoms in total. The van der Waals surface area contributed by atoms with E-state index >= 15 is 0 Å². The third-order valence-electron chi connectivity index (χ3n) is 5.51. The molecule has 0 amide bonds. The normalized spacial score (nSPS) is 12.4. The monoisotopic (exact) mass is 454 g/mol. The van der Waals surface area contributed by atoms with Crippen molar-refractivity contribution in [2.75, 3.05) is 38.0 Å². The minimum absolute atomic E-state index is 0.721. The largest absolute Gasteiger partial charge is 0.385 e. The van der Waals surface area contributed by atoms with E-state index in [1.54, 1.807) is 0 Å². The summed E-state index contributed by atoms with van der Waals surface area (Å²) in [6.07, 6.45) is 12.5. The van der Waals surface area contributed by atoms with E-state index in [9.17, 15) is 0 Å². The van der Waals surface area contributed by atoms with Crippen molar-refractivity contribution in [1.82, 2.24) is 15.2 Å². The van der Waals surface area contributed by atoms with Crippen LogP contribution in [-0.4, -0.2) is 42.6 Å². The Morgan fingerprint density at radius 2 is 1.94 bits per heavy atom. The van der Waals surface area contributed by atoms with Crippen LogP contribution < -0.4 is 10.6 Å². The summed E-state index contributed by atoms with van der Waals surface area (Å²) in [5.74, 6) is 0. The lowest BCUT2D eigenvalue weighted by molar-refractivity contribution is 0.266. The van der Waals surface area contributed by atoms with Crippen molar-refractivity contribution < 1.29 is 0 Å². The zero-order chi connectivity index (χ0) is 23.2. The minimum Gasteiger partial charge on any atom is -0.385 e. The van der Waals surface area contributed by atoms with Gasteiger partial charge in [0.05, 0.1) is 5.52 Å². The van der Waals surface area contributed by atoms with E-state index in [4.69, 9.17) is 11.6 Å². The smallest absolute Gasteiger partial charge is 0.0737 e. The Morgan fingerprint density at radius 3 is 2.69 bits per heavy atom. The highest BCUT2D eigenvalue weighted by atomic mass is 35.5. The fourth-order valence-electron chi connectivity index (χ4n) is 3.87. The van der Waals surface area contributed by atoms with Gasteiger partial charge in [0.25, 0.3) is 0 Å². The van der Waals surface area contributed by atoms with Crippen molar-refractivity contribution >= 4 is 28.2 Å². The number of unbranched alkanes of at least 4 members (excludes halogenated alkanes) is 1. The summed E-state index contributed by atoms with van der Waals surface area (Å²) in [7, 11) is 0. The summed E-state index contributed by atoms with van der Waals surface area (Å²) in [6.45, 7) is 15.6. The molecular weight excluding hydrogens is 416 g/mol. The zero-order valence-corrected chi connectivity index (χ0v) is 20.7. The van der Waals surface area contributed by atoms with Gasteiger partial charge in [0.1, 0.15) is 0 Å². The van der Waals surface area contributed by atoms with E-state index in [-0.39, 0.29) is 0 Å². The number of allylic oxidation sites excluding steroid dienone is 4. The van der Waals surface area contributed by atoms with E-state index in [0.29, 0.717) is 0 Å². The van der Waals surface area contributed by atoms with Crippen LogP contribution in [0.5, 0.6) is 0 Å². The van der Waals surface area contributed by atoms with Crippen LogP contribution in [0.25, 0.3) is 10.9 Å². The molecular formula is C27H39ClN4. The second-order valence-electron chi connectivity index (χ2n) is 8.06. The average Bonchev–Trinajstić information content (AvgIpc) is 2.78. The van der Waals surface area contributed by atoms with Crippen molar-refractivity contribution in [2.24, 2.45) is 0 Å². The van der Waals surface area contributed by atoms with E-state index in [0.717, 1.165) is 67.2 Å². The van der Waals surface area contributed by atoms with Crippen LogP contribution in [0.2, 0.25) is 5.02 Å². The van der Waals surface area contributed by atoms with E-state index in [1.807, 2.05) is 42.6 Å². The molecule has 0 unspecified atom stereocenters. The van der Waals surface area contributed by atoms with Crippen LogP contribution in [0.3, 0.4) is 0 Å².